The smallest absolute Gasteiger partial charge is 0.231 e. The third kappa shape index (κ3) is 4.11. The zero-order chi connectivity index (χ0) is 15.4. The average Bonchev–Trinajstić information content (AvgIpc) is 2.37. The summed E-state index contributed by atoms with van der Waals surface area (Å²) in [6.45, 7) is 1.34. The first-order valence-corrected chi connectivity index (χ1v) is 7.21. The molecule has 0 spiro atoms. The maximum Gasteiger partial charge on any atom is 0.231 e. The number of benzene rings is 2. The zero-order valence-corrected chi connectivity index (χ0v) is 12.0. The molecule has 0 aromatic heterocycles. The van der Waals surface area contributed by atoms with Crippen molar-refractivity contribution in [2.75, 3.05) is 10.0 Å². The van der Waals surface area contributed by atoms with Gasteiger partial charge in [-0.15, -0.1) is 0 Å². The third-order valence-electron chi connectivity index (χ3n) is 2.77. The summed E-state index contributed by atoms with van der Waals surface area (Å²) in [4.78, 5) is 22.5. The molecule has 2 rings (SSSR count). The van der Waals surface area contributed by atoms with Crippen molar-refractivity contribution < 1.29 is 18.4 Å². The van der Waals surface area contributed by atoms with E-state index < -0.39 is 17.2 Å². The molecule has 1 atom stereocenters. The highest BCUT2D eigenvalue weighted by molar-refractivity contribution is 7.80. The van der Waals surface area contributed by atoms with E-state index in [1.807, 2.05) is 6.07 Å². The molecular formula is C14H13N2O4S-. The van der Waals surface area contributed by atoms with Crippen molar-refractivity contribution >= 4 is 45.1 Å². The van der Waals surface area contributed by atoms with Crippen LogP contribution in [0.25, 0.3) is 10.8 Å². The Labute approximate surface area is 124 Å². The minimum absolute atomic E-state index is 0.192. The molecule has 0 aliphatic heterocycles. The van der Waals surface area contributed by atoms with E-state index in [0.717, 1.165) is 5.39 Å². The maximum atomic E-state index is 11.6. The van der Waals surface area contributed by atoms with Crippen LogP contribution in [0, 0.1) is 0 Å². The molecule has 0 radical (unpaired) electrons. The quantitative estimate of drug-likeness (QED) is 0.651. The predicted octanol–water partition coefficient (Wildman–Crippen LogP) is 1.96. The number of carbonyl (C=O) groups excluding carboxylic acids is 2. The van der Waals surface area contributed by atoms with Crippen molar-refractivity contribution in [3.05, 3.63) is 36.4 Å². The van der Waals surface area contributed by atoms with E-state index in [1.54, 1.807) is 30.3 Å². The van der Waals surface area contributed by atoms with Gasteiger partial charge in [-0.25, -0.2) is 0 Å². The summed E-state index contributed by atoms with van der Waals surface area (Å²) in [5.74, 6) is -0.628. The van der Waals surface area contributed by atoms with Crippen LogP contribution in [-0.2, 0) is 20.9 Å². The van der Waals surface area contributed by atoms with Gasteiger partial charge in [0.05, 0.1) is 12.1 Å². The lowest BCUT2D eigenvalue weighted by Crippen LogP contribution is -2.14. The Balaban J connectivity index is 2.33. The van der Waals surface area contributed by atoms with Gasteiger partial charge in [-0.1, -0.05) is 18.2 Å². The maximum absolute atomic E-state index is 11.6. The highest BCUT2D eigenvalue weighted by Crippen LogP contribution is 2.26. The van der Waals surface area contributed by atoms with Crippen LogP contribution in [-0.4, -0.2) is 20.5 Å². The fourth-order valence-corrected chi connectivity index (χ4v) is 2.32. The summed E-state index contributed by atoms with van der Waals surface area (Å²) in [5.41, 5.74) is 0.920. The Morgan fingerprint density at radius 1 is 1.24 bits per heavy atom. The Morgan fingerprint density at radius 2 is 2.00 bits per heavy atom. The zero-order valence-electron chi connectivity index (χ0n) is 11.2. The van der Waals surface area contributed by atoms with Gasteiger partial charge in [0.15, 0.2) is 0 Å². The fraction of sp³-hybridized carbons (Fsp3) is 0.143. The monoisotopic (exact) mass is 305 g/mol. The van der Waals surface area contributed by atoms with Gasteiger partial charge < -0.3 is 14.6 Å². The third-order valence-corrected chi connectivity index (χ3v) is 3.16. The Kier molecular flexibility index (Phi) is 4.66. The Hall–Kier alpha value is -2.25. The van der Waals surface area contributed by atoms with Gasteiger partial charge in [-0.05, 0) is 30.5 Å². The number of carbonyl (C=O) groups is 2. The van der Waals surface area contributed by atoms with Gasteiger partial charge in [0.1, 0.15) is 5.78 Å². The number of anilines is 2. The van der Waals surface area contributed by atoms with Crippen LogP contribution in [0.5, 0.6) is 0 Å². The molecule has 0 saturated carbocycles. The van der Waals surface area contributed by atoms with Crippen LogP contribution in [0.15, 0.2) is 36.4 Å². The summed E-state index contributed by atoms with van der Waals surface area (Å²) in [6, 6.07) is 10.3. The van der Waals surface area contributed by atoms with Crippen LogP contribution in [0.3, 0.4) is 0 Å². The van der Waals surface area contributed by atoms with E-state index in [0.29, 0.717) is 16.8 Å². The van der Waals surface area contributed by atoms with E-state index in [-0.39, 0.29) is 12.2 Å². The number of hydrogen-bond acceptors (Lipinski definition) is 4. The van der Waals surface area contributed by atoms with Crippen molar-refractivity contribution in [1.82, 2.24) is 0 Å². The lowest BCUT2D eigenvalue weighted by atomic mass is 10.1. The van der Waals surface area contributed by atoms with Crippen LogP contribution in [0.2, 0.25) is 0 Å². The molecule has 0 aliphatic rings. The normalized spacial score (nSPS) is 11.9. The predicted molar refractivity (Wildman–Crippen MR) is 80.4 cm³/mol. The number of ketones is 1. The molecule has 0 saturated heterocycles. The van der Waals surface area contributed by atoms with Gasteiger partial charge in [0.25, 0.3) is 0 Å². The molecule has 110 valence electrons. The number of amides is 1. The van der Waals surface area contributed by atoms with E-state index in [1.165, 1.54) is 6.92 Å². The minimum atomic E-state index is -2.43. The minimum Gasteiger partial charge on any atom is -0.755 e. The largest absolute Gasteiger partial charge is 0.755 e. The highest BCUT2D eigenvalue weighted by Gasteiger charge is 2.07. The molecule has 0 heterocycles. The first-order chi connectivity index (χ1) is 9.95. The van der Waals surface area contributed by atoms with E-state index in [4.69, 9.17) is 0 Å². The van der Waals surface area contributed by atoms with E-state index in [2.05, 4.69) is 10.0 Å². The molecule has 0 aliphatic carbocycles. The first-order valence-electron chi connectivity index (χ1n) is 6.13. The molecular weight excluding hydrogens is 292 g/mol. The van der Waals surface area contributed by atoms with Crippen LogP contribution in [0.1, 0.15) is 13.3 Å². The standard InChI is InChI=1S/C14H14N2O4S/c1-9(17)7-14(18)15-11-6-5-10-3-2-4-13(12(10)8-11)16-21(19)20/h2-6,8,16H,7H2,1H3,(H,15,18)(H,19,20)/p-1. The van der Waals surface area contributed by atoms with Crippen molar-refractivity contribution in [2.24, 2.45) is 0 Å². The summed E-state index contributed by atoms with van der Waals surface area (Å²) in [6.07, 6.45) is -0.192. The molecule has 6 nitrogen and oxygen atoms in total. The molecule has 2 N–H and O–H groups in total. The van der Waals surface area contributed by atoms with Gasteiger partial charge >= 0.3 is 0 Å². The number of rotatable bonds is 5. The van der Waals surface area contributed by atoms with Gasteiger partial charge in [-0.2, -0.15) is 0 Å². The molecule has 1 amide bonds. The lowest BCUT2D eigenvalue weighted by Gasteiger charge is -2.12. The SMILES string of the molecule is CC(=O)CC(=O)Nc1ccc2cccc(NS(=O)[O-])c2c1. The Morgan fingerprint density at radius 3 is 2.67 bits per heavy atom. The second kappa shape index (κ2) is 6.47. The first kappa shape index (κ1) is 15.1. The van der Waals surface area contributed by atoms with Crippen molar-refractivity contribution in [1.29, 1.82) is 0 Å². The van der Waals surface area contributed by atoms with Crippen LogP contribution < -0.4 is 10.0 Å². The molecule has 2 aromatic carbocycles. The summed E-state index contributed by atoms with van der Waals surface area (Å²) >= 11 is -2.43. The molecule has 0 bridgehead atoms. The second-order valence-electron chi connectivity index (χ2n) is 4.51. The summed E-state index contributed by atoms with van der Waals surface area (Å²) in [7, 11) is 0. The second-order valence-corrected chi connectivity index (χ2v) is 5.18. The van der Waals surface area contributed by atoms with Gasteiger partial charge in [0, 0.05) is 22.3 Å². The van der Waals surface area contributed by atoms with Gasteiger partial charge in [-0.3, -0.25) is 13.8 Å². The van der Waals surface area contributed by atoms with Crippen molar-refractivity contribution in [2.45, 2.75) is 13.3 Å². The topological polar surface area (TPSA) is 98.3 Å². The summed E-state index contributed by atoms with van der Waals surface area (Å²) < 4.78 is 23.9. The van der Waals surface area contributed by atoms with Crippen molar-refractivity contribution in [3.63, 3.8) is 0 Å². The number of fused-ring (bicyclic) bond motifs is 1. The molecule has 0 fully saturated rings. The number of Topliss-reactive ketones (excluding diaryl/α,β-unsaturated/α-hetero) is 1. The van der Waals surface area contributed by atoms with E-state index >= 15 is 0 Å². The van der Waals surface area contributed by atoms with E-state index in [9.17, 15) is 18.4 Å². The lowest BCUT2D eigenvalue weighted by molar-refractivity contribution is -0.124. The number of hydrogen-bond donors (Lipinski definition) is 2. The highest BCUT2D eigenvalue weighted by atomic mass is 32.2. The van der Waals surface area contributed by atoms with Crippen LogP contribution in [0.4, 0.5) is 11.4 Å². The number of nitrogens with one attached hydrogen (secondary N) is 2. The molecule has 21 heavy (non-hydrogen) atoms. The van der Waals surface area contributed by atoms with Gasteiger partial charge in [0.2, 0.25) is 5.91 Å². The van der Waals surface area contributed by atoms with Crippen LogP contribution >= 0.6 is 0 Å². The average molecular weight is 305 g/mol. The molecule has 2 aromatic rings. The summed E-state index contributed by atoms with van der Waals surface area (Å²) in [5, 5.41) is 4.09. The molecule has 1 unspecified atom stereocenters. The Bertz CT molecular complexity index is 730. The van der Waals surface area contributed by atoms with Crippen molar-refractivity contribution in [3.8, 4) is 0 Å². The molecule has 7 heteroatoms. The fourth-order valence-electron chi connectivity index (χ4n) is 1.96.